The van der Waals surface area contributed by atoms with Gasteiger partial charge in [0.25, 0.3) is 0 Å². The van der Waals surface area contributed by atoms with Gasteiger partial charge in [0.05, 0.1) is 6.04 Å². The molecular formula is C17H18BrNO. The second kappa shape index (κ2) is 4.81. The maximum absolute atomic E-state index is 6.07. The average Bonchev–Trinajstić information content (AvgIpc) is 2.59. The van der Waals surface area contributed by atoms with Gasteiger partial charge in [0.15, 0.2) is 0 Å². The topological polar surface area (TPSA) is 21.3 Å². The zero-order valence-electron chi connectivity index (χ0n) is 11.9. The molecule has 3 rings (SSSR count). The number of ether oxygens (including phenoxy) is 1. The highest BCUT2D eigenvalue weighted by atomic mass is 79.9. The zero-order chi connectivity index (χ0) is 14.3. The number of hydrogen-bond acceptors (Lipinski definition) is 2. The lowest BCUT2D eigenvalue weighted by Gasteiger charge is -2.28. The Hall–Kier alpha value is -1.48. The van der Waals surface area contributed by atoms with Crippen LogP contribution in [0.5, 0.6) is 5.75 Å². The van der Waals surface area contributed by atoms with Crippen molar-refractivity contribution in [1.82, 2.24) is 0 Å². The van der Waals surface area contributed by atoms with Crippen LogP contribution in [0.2, 0.25) is 0 Å². The smallest absolute Gasteiger partial charge is 0.128 e. The van der Waals surface area contributed by atoms with Crippen LogP contribution >= 0.6 is 15.9 Å². The maximum atomic E-state index is 6.07. The number of nitrogens with one attached hydrogen (secondary N) is 1. The molecule has 0 saturated carbocycles. The summed E-state index contributed by atoms with van der Waals surface area (Å²) in [6.45, 7) is 6.34. The van der Waals surface area contributed by atoms with Gasteiger partial charge in [-0.15, -0.1) is 0 Å². The molecule has 1 N–H and O–H groups in total. The highest BCUT2D eigenvalue weighted by molar-refractivity contribution is 9.10. The monoisotopic (exact) mass is 331 g/mol. The van der Waals surface area contributed by atoms with Crippen molar-refractivity contribution in [1.29, 1.82) is 0 Å². The molecule has 2 aromatic rings. The molecule has 0 aromatic heterocycles. The molecule has 20 heavy (non-hydrogen) atoms. The van der Waals surface area contributed by atoms with E-state index in [0.717, 1.165) is 15.9 Å². The Morgan fingerprint density at radius 3 is 2.65 bits per heavy atom. The highest BCUT2D eigenvalue weighted by Crippen LogP contribution is 2.44. The van der Waals surface area contributed by atoms with Gasteiger partial charge < -0.3 is 10.1 Å². The molecule has 104 valence electrons. The van der Waals surface area contributed by atoms with Crippen molar-refractivity contribution in [2.45, 2.75) is 32.4 Å². The molecule has 1 aliphatic rings. The lowest BCUT2D eigenvalue weighted by Crippen LogP contribution is -2.34. The van der Waals surface area contributed by atoms with Gasteiger partial charge in [-0.3, -0.25) is 0 Å². The third-order valence-electron chi connectivity index (χ3n) is 3.65. The molecular weight excluding hydrogens is 314 g/mol. The summed E-state index contributed by atoms with van der Waals surface area (Å²) in [5, 5.41) is 3.61. The Morgan fingerprint density at radius 2 is 1.90 bits per heavy atom. The fraction of sp³-hybridized carbons (Fsp3) is 0.294. The number of benzene rings is 2. The molecule has 0 fully saturated rings. The van der Waals surface area contributed by atoms with E-state index < -0.39 is 0 Å². The van der Waals surface area contributed by atoms with E-state index in [0.29, 0.717) is 0 Å². The van der Waals surface area contributed by atoms with E-state index in [4.69, 9.17) is 4.74 Å². The minimum Gasteiger partial charge on any atom is -0.485 e. The fourth-order valence-electron chi connectivity index (χ4n) is 2.77. The van der Waals surface area contributed by atoms with Gasteiger partial charge in [-0.2, -0.15) is 0 Å². The standard InChI is InChI=1S/C17H18BrNO/c1-11-8-12(18)10-13(9-11)19-16-14-6-4-5-7-15(14)20-17(16,2)3/h4-10,16,19H,1-3H3. The van der Waals surface area contributed by atoms with Gasteiger partial charge in [0, 0.05) is 15.7 Å². The predicted octanol–water partition coefficient (Wildman–Crippen LogP) is 5.08. The molecule has 1 aliphatic heterocycles. The molecule has 2 aromatic carbocycles. The molecule has 0 bridgehead atoms. The van der Waals surface area contributed by atoms with E-state index in [1.165, 1.54) is 11.1 Å². The van der Waals surface area contributed by atoms with Crippen LogP contribution in [0.15, 0.2) is 46.9 Å². The Kier molecular flexibility index (Phi) is 3.25. The molecule has 0 saturated heterocycles. The van der Waals surface area contributed by atoms with Crippen LogP contribution in [0.25, 0.3) is 0 Å². The number of anilines is 1. The van der Waals surface area contributed by atoms with Crippen molar-refractivity contribution in [2.24, 2.45) is 0 Å². The van der Waals surface area contributed by atoms with Gasteiger partial charge >= 0.3 is 0 Å². The quantitative estimate of drug-likeness (QED) is 0.828. The second-order valence-corrected chi connectivity index (χ2v) is 6.75. The lowest BCUT2D eigenvalue weighted by molar-refractivity contribution is 0.118. The van der Waals surface area contributed by atoms with Crippen LogP contribution in [0.4, 0.5) is 5.69 Å². The van der Waals surface area contributed by atoms with Crippen molar-refractivity contribution in [2.75, 3.05) is 5.32 Å². The minimum absolute atomic E-state index is 0.146. The zero-order valence-corrected chi connectivity index (χ0v) is 13.5. The first-order chi connectivity index (χ1) is 9.45. The Labute approximate surface area is 128 Å². The Balaban J connectivity index is 1.97. The van der Waals surface area contributed by atoms with E-state index >= 15 is 0 Å². The number of halogens is 1. The summed E-state index contributed by atoms with van der Waals surface area (Å²) >= 11 is 3.55. The molecule has 0 aliphatic carbocycles. The van der Waals surface area contributed by atoms with Crippen LogP contribution in [-0.4, -0.2) is 5.60 Å². The van der Waals surface area contributed by atoms with Crippen molar-refractivity contribution in [3.63, 3.8) is 0 Å². The average molecular weight is 332 g/mol. The first kappa shape index (κ1) is 13.5. The van der Waals surface area contributed by atoms with E-state index in [1.807, 2.05) is 12.1 Å². The fourth-order valence-corrected chi connectivity index (χ4v) is 3.37. The van der Waals surface area contributed by atoms with Crippen molar-refractivity contribution < 1.29 is 4.74 Å². The third kappa shape index (κ3) is 2.42. The SMILES string of the molecule is Cc1cc(Br)cc(NC2c3ccccc3OC2(C)C)c1. The van der Waals surface area contributed by atoms with Crippen molar-refractivity contribution in [3.8, 4) is 5.75 Å². The number of rotatable bonds is 2. The summed E-state index contributed by atoms with van der Waals surface area (Å²) in [4.78, 5) is 0. The van der Waals surface area contributed by atoms with Gasteiger partial charge in [-0.05, 0) is 50.6 Å². The molecule has 0 spiro atoms. The molecule has 0 radical (unpaired) electrons. The molecule has 1 heterocycles. The lowest BCUT2D eigenvalue weighted by atomic mass is 9.94. The second-order valence-electron chi connectivity index (χ2n) is 5.84. The normalized spacial score (nSPS) is 19.3. The van der Waals surface area contributed by atoms with E-state index in [-0.39, 0.29) is 11.6 Å². The van der Waals surface area contributed by atoms with Crippen LogP contribution < -0.4 is 10.1 Å². The van der Waals surface area contributed by atoms with Crippen LogP contribution in [-0.2, 0) is 0 Å². The minimum atomic E-state index is -0.264. The van der Waals surface area contributed by atoms with Gasteiger partial charge in [0.2, 0.25) is 0 Å². The van der Waals surface area contributed by atoms with E-state index in [1.54, 1.807) is 0 Å². The summed E-state index contributed by atoms with van der Waals surface area (Å²) in [5.74, 6) is 0.974. The summed E-state index contributed by atoms with van der Waals surface area (Å²) in [6.07, 6.45) is 0. The summed E-state index contributed by atoms with van der Waals surface area (Å²) < 4.78 is 7.15. The van der Waals surface area contributed by atoms with Crippen LogP contribution in [0.1, 0.15) is 31.0 Å². The first-order valence-corrected chi connectivity index (χ1v) is 7.57. The van der Waals surface area contributed by atoms with Crippen molar-refractivity contribution >= 4 is 21.6 Å². The van der Waals surface area contributed by atoms with Gasteiger partial charge in [-0.25, -0.2) is 0 Å². The van der Waals surface area contributed by atoms with Crippen LogP contribution in [0, 0.1) is 6.92 Å². The number of hydrogen-bond donors (Lipinski definition) is 1. The first-order valence-electron chi connectivity index (χ1n) is 6.77. The Bertz CT molecular complexity index is 631. The summed E-state index contributed by atoms with van der Waals surface area (Å²) in [7, 11) is 0. The summed E-state index contributed by atoms with van der Waals surface area (Å²) in [6, 6.07) is 14.7. The van der Waals surface area contributed by atoms with E-state index in [9.17, 15) is 0 Å². The summed E-state index contributed by atoms with van der Waals surface area (Å²) in [5.41, 5.74) is 3.29. The molecule has 2 nitrogen and oxygen atoms in total. The maximum Gasteiger partial charge on any atom is 0.128 e. The predicted molar refractivity (Wildman–Crippen MR) is 86.4 cm³/mol. The number of fused-ring (bicyclic) bond motifs is 1. The third-order valence-corrected chi connectivity index (χ3v) is 4.11. The molecule has 1 atom stereocenters. The largest absolute Gasteiger partial charge is 0.485 e. The van der Waals surface area contributed by atoms with Gasteiger partial charge in [0.1, 0.15) is 11.4 Å². The molecule has 0 amide bonds. The highest BCUT2D eigenvalue weighted by Gasteiger charge is 2.40. The Morgan fingerprint density at radius 1 is 1.15 bits per heavy atom. The van der Waals surface area contributed by atoms with Gasteiger partial charge in [-0.1, -0.05) is 34.1 Å². The molecule has 3 heteroatoms. The molecule has 1 unspecified atom stereocenters. The number of aryl methyl sites for hydroxylation is 1. The van der Waals surface area contributed by atoms with Crippen LogP contribution in [0.3, 0.4) is 0 Å². The van der Waals surface area contributed by atoms with E-state index in [2.05, 4.69) is 72.3 Å². The number of para-hydroxylation sites is 1. The van der Waals surface area contributed by atoms with Crippen molar-refractivity contribution in [3.05, 3.63) is 58.1 Å².